The Morgan fingerprint density at radius 2 is 1.83 bits per heavy atom. The zero-order valence-corrected chi connectivity index (χ0v) is 22.9. The Kier molecular flexibility index (Phi) is 8.53. The molecular formula is C32H33N5O4. The maximum Gasteiger partial charge on any atom is 0.328 e. The summed E-state index contributed by atoms with van der Waals surface area (Å²) in [6.07, 6.45) is 10.3. The number of hydrogen-bond acceptors (Lipinski definition) is 5. The molecule has 9 nitrogen and oxygen atoms in total. The van der Waals surface area contributed by atoms with Crippen molar-refractivity contribution in [2.24, 2.45) is 0 Å². The number of hydrogen-bond donors (Lipinski definition) is 3. The zero-order chi connectivity index (χ0) is 28.8. The first kappa shape index (κ1) is 27.8. The number of carbonyl (C=O) groups excluding carboxylic acids is 2. The van der Waals surface area contributed by atoms with Crippen molar-refractivity contribution in [3.63, 3.8) is 0 Å². The van der Waals surface area contributed by atoms with E-state index in [1.807, 2.05) is 41.1 Å². The van der Waals surface area contributed by atoms with Crippen LogP contribution in [0.1, 0.15) is 73.0 Å². The summed E-state index contributed by atoms with van der Waals surface area (Å²) >= 11 is 0. The van der Waals surface area contributed by atoms with Crippen molar-refractivity contribution in [1.29, 1.82) is 0 Å². The van der Waals surface area contributed by atoms with Crippen LogP contribution in [-0.4, -0.2) is 43.7 Å². The van der Waals surface area contributed by atoms with Crippen LogP contribution in [0.5, 0.6) is 0 Å². The number of benzene rings is 2. The molecular weight excluding hydrogens is 518 g/mol. The van der Waals surface area contributed by atoms with E-state index in [0.29, 0.717) is 22.7 Å². The summed E-state index contributed by atoms with van der Waals surface area (Å²) in [6, 6.07) is 17.8. The minimum Gasteiger partial charge on any atom is -0.478 e. The van der Waals surface area contributed by atoms with Gasteiger partial charge in [-0.3, -0.25) is 9.59 Å². The lowest BCUT2D eigenvalue weighted by molar-refractivity contribution is -0.131. The lowest BCUT2D eigenvalue weighted by Crippen LogP contribution is -2.35. The number of nitrogens with one attached hydrogen (secondary N) is 2. The average Bonchev–Trinajstić information content (AvgIpc) is 3.36. The van der Waals surface area contributed by atoms with Crippen molar-refractivity contribution in [2.45, 2.75) is 57.4 Å². The van der Waals surface area contributed by atoms with Crippen LogP contribution in [0.4, 0.5) is 5.69 Å². The highest BCUT2D eigenvalue weighted by molar-refractivity contribution is 5.99. The van der Waals surface area contributed by atoms with E-state index in [4.69, 9.17) is 10.2 Å². The Labute approximate surface area is 238 Å². The number of pyridine rings is 1. The first-order chi connectivity index (χ1) is 19.9. The molecule has 2 aromatic heterocycles. The van der Waals surface area contributed by atoms with Crippen LogP contribution in [0.25, 0.3) is 22.8 Å². The SMILES string of the molecule is C[C@H](CC(=O)Nc1ccc(/C=C/C(=O)O)cc1)NC(=O)c1ccc2c(C3CCCCC3)n(-c3ccccn3)nc2c1. The highest BCUT2D eigenvalue weighted by Gasteiger charge is 2.25. The van der Waals surface area contributed by atoms with Gasteiger partial charge in [0.2, 0.25) is 5.91 Å². The summed E-state index contributed by atoms with van der Waals surface area (Å²) in [6.45, 7) is 1.78. The number of carbonyl (C=O) groups is 3. The van der Waals surface area contributed by atoms with Gasteiger partial charge in [-0.25, -0.2) is 14.5 Å². The van der Waals surface area contributed by atoms with Crippen molar-refractivity contribution in [2.75, 3.05) is 5.32 Å². The molecule has 1 aliphatic carbocycles. The second-order valence-electron chi connectivity index (χ2n) is 10.5. The normalized spacial score (nSPS) is 14.7. The van der Waals surface area contributed by atoms with Gasteiger partial charge >= 0.3 is 5.97 Å². The molecule has 0 unspecified atom stereocenters. The van der Waals surface area contributed by atoms with E-state index >= 15 is 0 Å². The van der Waals surface area contributed by atoms with Gasteiger partial charge in [0.15, 0.2) is 5.82 Å². The molecule has 0 bridgehead atoms. The standard InChI is InChI=1S/C32H33N5O4/c1-21(19-29(38)35-25-14-10-22(11-15-25)12-17-30(39)40)34-32(41)24-13-16-26-27(20-24)36-37(28-9-5-6-18-33-28)31(26)23-7-3-2-4-8-23/h5-6,9-18,20-21,23H,2-4,7-8,19H2,1H3,(H,34,41)(H,35,38)(H,39,40)/b17-12+/t21-/m1/s1. The van der Waals surface area contributed by atoms with Crippen molar-refractivity contribution in [3.05, 3.63) is 89.8 Å². The minimum atomic E-state index is -1.03. The first-order valence-corrected chi connectivity index (χ1v) is 13.9. The third-order valence-corrected chi connectivity index (χ3v) is 7.31. The number of aromatic nitrogens is 3. The molecule has 9 heteroatoms. The molecule has 4 aromatic rings. The molecule has 210 valence electrons. The maximum atomic E-state index is 13.1. The number of nitrogens with zero attached hydrogens (tertiary/aromatic N) is 3. The molecule has 2 amide bonds. The number of fused-ring (bicyclic) bond motifs is 1. The second kappa shape index (κ2) is 12.6. The van der Waals surface area contributed by atoms with Crippen molar-refractivity contribution >= 4 is 40.4 Å². The van der Waals surface area contributed by atoms with Gasteiger partial charge in [-0.2, -0.15) is 5.10 Å². The smallest absolute Gasteiger partial charge is 0.328 e. The first-order valence-electron chi connectivity index (χ1n) is 13.9. The zero-order valence-electron chi connectivity index (χ0n) is 22.9. The van der Waals surface area contributed by atoms with Gasteiger partial charge in [0.05, 0.1) is 11.2 Å². The number of amides is 2. The number of rotatable bonds is 9. The topological polar surface area (TPSA) is 126 Å². The molecule has 0 radical (unpaired) electrons. The molecule has 41 heavy (non-hydrogen) atoms. The fraction of sp³-hybridized carbons (Fsp3) is 0.281. The Balaban J connectivity index is 1.26. The molecule has 1 saturated carbocycles. The van der Waals surface area contributed by atoms with Gasteiger partial charge in [0.1, 0.15) is 0 Å². The van der Waals surface area contributed by atoms with E-state index in [-0.39, 0.29) is 18.2 Å². The van der Waals surface area contributed by atoms with Crippen LogP contribution in [-0.2, 0) is 9.59 Å². The summed E-state index contributed by atoms with van der Waals surface area (Å²) in [4.78, 5) is 40.9. The average molecular weight is 552 g/mol. The van der Waals surface area contributed by atoms with Crippen LogP contribution in [0, 0.1) is 0 Å². The predicted octanol–water partition coefficient (Wildman–Crippen LogP) is 5.71. The molecule has 2 heterocycles. The van der Waals surface area contributed by atoms with Crippen molar-refractivity contribution < 1.29 is 19.5 Å². The molecule has 1 fully saturated rings. The quantitative estimate of drug-likeness (QED) is 0.229. The second-order valence-corrected chi connectivity index (χ2v) is 10.5. The van der Waals surface area contributed by atoms with E-state index in [2.05, 4.69) is 15.6 Å². The molecule has 2 aromatic carbocycles. The van der Waals surface area contributed by atoms with Crippen LogP contribution in [0.15, 0.2) is 72.9 Å². The Hall–Kier alpha value is -4.79. The van der Waals surface area contributed by atoms with Crippen LogP contribution < -0.4 is 10.6 Å². The Morgan fingerprint density at radius 3 is 2.54 bits per heavy atom. The molecule has 3 N–H and O–H groups in total. The molecule has 0 spiro atoms. The Morgan fingerprint density at radius 1 is 1.05 bits per heavy atom. The lowest BCUT2D eigenvalue weighted by atomic mass is 9.85. The lowest BCUT2D eigenvalue weighted by Gasteiger charge is -2.22. The van der Waals surface area contributed by atoms with Gasteiger partial charge in [0, 0.05) is 47.3 Å². The van der Waals surface area contributed by atoms with Gasteiger partial charge in [0.25, 0.3) is 5.91 Å². The van der Waals surface area contributed by atoms with E-state index in [9.17, 15) is 14.4 Å². The monoisotopic (exact) mass is 551 g/mol. The summed E-state index contributed by atoms with van der Waals surface area (Å²) in [5.74, 6) is -0.379. The summed E-state index contributed by atoms with van der Waals surface area (Å²) in [7, 11) is 0. The maximum absolute atomic E-state index is 13.1. The fourth-order valence-electron chi connectivity index (χ4n) is 5.36. The summed E-state index contributed by atoms with van der Waals surface area (Å²) in [5.41, 5.74) is 3.68. The molecule has 1 aliphatic rings. The molecule has 1 atom stereocenters. The van der Waals surface area contributed by atoms with Crippen LogP contribution in [0.3, 0.4) is 0 Å². The van der Waals surface area contributed by atoms with Crippen LogP contribution >= 0.6 is 0 Å². The largest absolute Gasteiger partial charge is 0.478 e. The number of aliphatic carboxylic acids is 1. The third-order valence-electron chi connectivity index (χ3n) is 7.31. The van der Waals surface area contributed by atoms with Gasteiger partial charge in [-0.15, -0.1) is 0 Å². The van der Waals surface area contributed by atoms with Crippen LogP contribution in [0.2, 0.25) is 0 Å². The van der Waals surface area contributed by atoms with E-state index in [1.165, 1.54) is 25.3 Å². The summed E-state index contributed by atoms with van der Waals surface area (Å²) < 4.78 is 1.93. The van der Waals surface area contributed by atoms with E-state index in [0.717, 1.165) is 41.3 Å². The van der Waals surface area contributed by atoms with E-state index < -0.39 is 12.0 Å². The van der Waals surface area contributed by atoms with Crippen molar-refractivity contribution in [3.8, 4) is 5.82 Å². The van der Waals surface area contributed by atoms with Crippen molar-refractivity contribution in [1.82, 2.24) is 20.1 Å². The molecule has 0 saturated heterocycles. The van der Waals surface area contributed by atoms with Gasteiger partial charge in [-0.1, -0.05) is 43.5 Å². The predicted molar refractivity (Wildman–Crippen MR) is 158 cm³/mol. The highest BCUT2D eigenvalue weighted by atomic mass is 16.4. The van der Waals surface area contributed by atoms with Gasteiger partial charge < -0.3 is 15.7 Å². The third kappa shape index (κ3) is 6.87. The van der Waals surface area contributed by atoms with E-state index in [1.54, 1.807) is 37.4 Å². The number of anilines is 1. The molecule has 0 aliphatic heterocycles. The number of carboxylic acid groups (broad SMARTS) is 1. The highest BCUT2D eigenvalue weighted by Crippen LogP contribution is 2.37. The minimum absolute atomic E-state index is 0.0920. The fourth-order valence-corrected chi connectivity index (χ4v) is 5.36. The number of carboxylic acids is 1. The molecule has 5 rings (SSSR count). The van der Waals surface area contributed by atoms with Gasteiger partial charge in [-0.05, 0) is 67.8 Å². The Bertz CT molecular complexity index is 1570. The summed E-state index contributed by atoms with van der Waals surface area (Å²) in [5, 5.41) is 20.4.